The third-order valence-corrected chi connectivity index (χ3v) is 5.04. The van der Waals surface area contributed by atoms with E-state index in [1.807, 2.05) is 16.7 Å². The first-order valence-electron chi connectivity index (χ1n) is 9.63. The van der Waals surface area contributed by atoms with Crippen LogP contribution < -0.4 is 10.5 Å². The molecule has 1 aromatic heterocycles. The lowest BCUT2D eigenvalue weighted by molar-refractivity contribution is -0.118. The van der Waals surface area contributed by atoms with Crippen LogP contribution in [0.15, 0.2) is 48.7 Å². The van der Waals surface area contributed by atoms with Gasteiger partial charge >= 0.3 is 0 Å². The number of hydrogen-bond donors (Lipinski definition) is 1. The van der Waals surface area contributed by atoms with Crippen molar-refractivity contribution in [2.75, 3.05) is 27.7 Å². The van der Waals surface area contributed by atoms with Crippen molar-refractivity contribution in [2.24, 2.45) is 5.73 Å². The predicted molar refractivity (Wildman–Crippen MR) is 114 cm³/mol. The number of ether oxygens (including phenoxy) is 1. The molecule has 0 unspecified atom stereocenters. The summed E-state index contributed by atoms with van der Waals surface area (Å²) in [5.41, 5.74) is 10.4. The number of aromatic nitrogens is 1. The summed E-state index contributed by atoms with van der Waals surface area (Å²) in [7, 11) is 5.83. The quantitative estimate of drug-likeness (QED) is 0.622. The van der Waals surface area contributed by atoms with Crippen molar-refractivity contribution >= 4 is 16.8 Å². The number of methoxy groups -OCH3 is 1. The third-order valence-electron chi connectivity index (χ3n) is 5.04. The van der Waals surface area contributed by atoms with E-state index < -0.39 is 0 Å². The highest BCUT2D eigenvalue weighted by molar-refractivity contribution is 5.86. The van der Waals surface area contributed by atoms with Gasteiger partial charge in [-0.05, 0) is 74.3 Å². The number of hydrogen-bond acceptors (Lipinski definition) is 3. The normalized spacial score (nSPS) is 11.3. The lowest BCUT2D eigenvalue weighted by Crippen LogP contribution is -2.18. The van der Waals surface area contributed by atoms with Gasteiger partial charge in [0, 0.05) is 23.6 Å². The Morgan fingerprint density at radius 3 is 2.36 bits per heavy atom. The molecule has 0 bridgehead atoms. The number of carbonyl (C=O) groups excluding carboxylic acids is 1. The molecule has 2 aromatic carbocycles. The highest BCUT2D eigenvalue weighted by Gasteiger charge is 2.11. The Morgan fingerprint density at radius 1 is 1.04 bits per heavy atom. The fourth-order valence-electron chi connectivity index (χ4n) is 3.50. The highest BCUT2D eigenvalue weighted by Crippen LogP contribution is 2.25. The zero-order chi connectivity index (χ0) is 20.1. The van der Waals surface area contributed by atoms with E-state index in [-0.39, 0.29) is 12.5 Å². The first-order valence-corrected chi connectivity index (χ1v) is 9.63. The molecule has 5 nitrogen and oxygen atoms in total. The van der Waals surface area contributed by atoms with Crippen molar-refractivity contribution < 1.29 is 9.53 Å². The van der Waals surface area contributed by atoms with Crippen LogP contribution in [0.4, 0.5) is 0 Å². The molecule has 0 saturated carbocycles. The van der Waals surface area contributed by atoms with E-state index in [9.17, 15) is 4.79 Å². The van der Waals surface area contributed by atoms with Crippen LogP contribution in [0, 0.1) is 0 Å². The fourth-order valence-corrected chi connectivity index (χ4v) is 3.50. The topological polar surface area (TPSA) is 60.5 Å². The molecular weight excluding hydrogens is 350 g/mol. The van der Waals surface area contributed by atoms with E-state index in [1.54, 1.807) is 7.11 Å². The van der Waals surface area contributed by atoms with E-state index in [0.717, 1.165) is 37.1 Å². The largest absolute Gasteiger partial charge is 0.497 e. The summed E-state index contributed by atoms with van der Waals surface area (Å²) in [4.78, 5) is 13.6. The molecule has 1 heterocycles. The number of benzene rings is 2. The maximum Gasteiger partial charge on any atom is 0.237 e. The molecule has 1 amide bonds. The maximum absolute atomic E-state index is 11.4. The first kappa shape index (κ1) is 20.0. The van der Waals surface area contributed by atoms with Gasteiger partial charge in [0.1, 0.15) is 12.3 Å². The molecule has 0 aliphatic carbocycles. The van der Waals surface area contributed by atoms with Crippen LogP contribution in [0.2, 0.25) is 0 Å². The van der Waals surface area contributed by atoms with E-state index in [0.29, 0.717) is 0 Å². The zero-order valence-electron chi connectivity index (χ0n) is 16.9. The summed E-state index contributed by atoms with van der Waals surface area (Å²) in [5, 5.41) is 1.22. The average molecular weight is 380 g/mol. The maximum atomic E-state index is 11.4. The molecule has 0 aliphatic rings. The predicted octanol–water partition coefficient (Wildman–Crippen LogP) is 3.02. The summed E-state index contributed by atoms with van der Waals surface area (Å²) in [6.07, 6.45) is 4.96. The van der Waals surface area contributed by atoms with E-state index in [2.05, 4.69) is 55.5 Å². The Kier molecular flexibility index (Phi) is 6.37. The molecule has 3 aromatic rings. The monoisotopic (exact) mass is 379 g/mol. The number of fused-ring (bicyclic) bond motifs is 1. The Morgan fingerprint density at radius 2 is 1.71 bits per heavy atom. The Hall–Kier alpha value is -2.79. The van der Waals surface area contributed by atoms with Gasteiger partial charge in [-0.2, -0.15) is 0 Å². The number of aryl methyl sites for hydroxylation is 2. The van der Waals surface area contributed by atoms with Crippen LogP contribution in [-0.4, -0.2) is 43.1 Å². The van der Waals surface area contributed by atoms with E-state index in [4.69, 9.17) is 10.5 Å². The minimum Gasteiger partial charge on any atom is -0.497 e. The first-order chi connectivity index (χ1) is 13.5. The number of nitrogens with zero attached hydrogens (tertiary/aromatic N) is 2. The molecule has 0 aliphatic heterocycles. The molecule has 28 heavy (non-hydrogen) atoms. The van der Waals surface area contributed by atoms with Crippen molar-refractivity contribution in [2.45, 2.75) is 25.8 Å². The highest BCUT2D eigenvalue weighted by atomic mass is 16.5. The average Bonchev–Trinajstić information content (AvgIpc) is 3.01. The second-order valence-corrected chi connectivity index (χ2v) is 7.50. The van der Waals surface area contributed by atoms with Crippen molar-refractivity contribution in [3.05, 3.63) is 65.4 Å². The minimum atomic E-state index is -0.320. The van der Waals surface area contributed by atoms with E-state index in [1.165, 1.54) is 22.1 Å². The molecule has 0 saturated heterocycles. The van der Waals surface area contributed by atoms with Crippen LogP contribution in [0.5, 0.6) is 5.75 Å². The van der Waals surface area contributed by atoms with Gasteiger partial charge < -0.3 is 19.9 Å². The van der Waals surface area contributed by atoms with Gasteiger partial charge in [0.05, 0.1) is 7.11 Å². The molecule has 0 atom stereocenters. The summed E-state index contributed by atoms with van der Waals surface area (Å²) in [5.74, 6) is 0.561. The van der Waals surface area contributed by atoms with Gasteiger partial charge in [0.25, 0.3) is 0 Å². The summed E-state index contributed by atoms with van der Waals surface area (Å²) in [6.45, 7) is 1.18. The molecule has 3 rings (SSSR count). The summed E-state index contributed by atoms with van der Waals surface area (Å²) >= 11 is 0. The van der Waals surface area contributed by atoms with Crippen LogP contribution in [0.25, 0.3) is 10.9 Å². The summed E-state index contributed by atoms with van der Waals surface area (Å²) < 4.78 is 7.19. The third kappa shape index (κ3) is 4.93. The van der Waals surface area contributed by atoms with Crippen LogP contribution in [0.1, 0.15) is 16.7 Å². The number of carbonyl (C=O) groups is 1. The van der Waals surface area contributed by atoms with Gasteiger partial charge in [-0.3, -0.25) is 4.79 Å². The van der Waals surface area contributed by atoms with Gasteiger partial charge in [-0.15, -0.1) is 0 Å². The standard InChI is InChI=1S/C23H29N3O2/c1-25(2)13-12-19-15-26(16-23(24)27)22-11-8-18(14-21(19)22)5-4-17-6-9-20(28-3)10-7-17/h6-11,14-15H,4-5,12-13,16H2,1-3H3,(H2,24,27). The SMILES string of the molecule is COc1ccc(CCc2ccc3c(c2)c(CCN(C)C)cn3CC(N)=O)cc1. The molecule has 148 valence electrons. The molecule has 5 heteroatoms. The number of rotatable bonds is 9. The second-order valence-electron chi connectivity index (χ2n) is 7.50. The second kappa shape index (κ2) is 8.93. The van der Waals surface area contributed by atoms with E-state index >= 15 is 0 Å². The molecule has 0 radical (unpaired) electrons. The van der Waals surface area contributed by atoms with Gasteiger partial charge in [-0.25, -0.2) is 0 Å². The lowest BCUT2D eigenvalue weighted by Gasteiger charge is -2.09. The Bertz CT molecular complexity index is 942. The number of likely N-dealkylation sites (N-methyl/N-ethyl adjacent to an activating group) is 1. The van der Waals surface area contributed by atoms with Gasteiger partial charge in [0.2, 0.25) is 5.91 Å². The van der Waals surface area contributed by atoms with Crippen molar-refractivity contribution in [1.29, 1.82) is 0 Å². The van der Waals surface area contributed by atoms with Crippen LogP contribution in [-0.2, 0) is 30.6 Å². The van der Waals surface area contributed by atoms with Gasteiger partial charge in [0.15, 0.2) is 0 Å². The number of amides is 1. The molecule has 0 spiro atoms. The van der Waals surface area contributed by atoms with Crippen LogP contribution in [0.3, 0.4) is 0 Å². The number of nitrogens with two attached hydrogens (primary N) is 1. The minimum absolute atomic E-state index is 0.212. The van der Waals surface area contributed by atoms with Crippen molar-refractivity contribution in [1.82, 2.24) is 9.47 Å². The molecular formula is C23H29N3O2. The van der Waals surface area contributed by atoms with Gasteiger partial charge in [-0.1, -0.05) is 18.2 Å². The molecule has 0 fully saturated rings. The number of primary amides is 1. The van der Waals surface area contributed by atoms with Crippen molar-refractivity contribution in [3.63, 3.8) is 0 Å². The zero-order valence-corrected chi connectivity index (χ0v) is 16.9. The molecule has 2 N–H and O–H groups in total. The lowest BCUT2D eigenvalue weighted by atomic mass is 10.0. The Balaban J connectivity index is 1.82. The Labute approximate surface area is 166 Å². The smallest absolute Gasteiger partial charge is 0.237 e. The fraction of sp³-hybridized carbons (Fsp3) is 0.348. The van der Waals surface area contributed by atoms with Crippen molar-refractivity contribution in [3.8, 4) is 5.75 Å². The van der Waals surface area contributed by atoms with Crippen LogP contribution >= 0.6 is 0 Å². The summed E-state index contributed by atoms with van der Waals surface area (Å²) in [6, 6.07) is 14.8.